The van der Waals surface area contributed by atoms with Crippen LogP contribution in [0.3, 0.4) is 0 Å². The van der Waals surface area contributed by atoms with Gasteiger partial charge in [-0.05, 0) is 24.3 Å². The number of aliphatic imine (C=N–C) groups is 1. The average molecular weight is 205 g/mol. The predicted octanol–water partition coefficient (Wildman–Crippen LogP) is 2.48. The molecule has 0 bridgehead atoms. The number of rotatable bonds is 2. The van der Waals surface area contributed by atoms with Crippen LogP contribution in [0.5, 0.6) is 0 Å². The number of amides is 1. The maximum absolute atomic E-state index is 11.0. The Bertz CT molecular complexity index is 415. The lowest BCUT2D eigenvalue weighted by molar-refractivity contribution is -0.113. The van der Waals surface area contributed by atoms with Gasteiger partial charge in [0.15, 0.2) is 0 Å². The summed E-state index contributed by atoms with van der Waals surface area (Å²) in [6, 6.07) is 3.65. The predicted molar refractivity (Wildman–Crippen MR) is 56.9 cm³/mol. The van der Waals surface area contributed by atoms with Crippen molar-refractivity contribution in [1.82, 2.24) is 0 Å². The molecule has 3 nitrogen and oxygen atoms in total. The first-order valence-electron chi connectivity index (χ1n) is 4.01. The lowest BCUT2D eigenvalue weighted by atomic mass is 10.3. The molecular formula is C10H7NO2S. The van der Waals surface area contributed by atoms with E-state index in [9.17, 15) is 4.79 Å². The molecule has 0 saturated carbocycles. The molecule has 2 heterocycles. The van der Waals surface area contributed by atoms with E-state index < -0.39 is 0 Å². The van der Waals surface area contributed by atoms with Crippen molar-refractivity contribution in [2.75, 3.05) is 0 Å². The molecule has 0 aromatic carbocycles. The van der Waals surface area contributed by atoms with Gasteiger partial charge in [0.1, 0.15) is 5.76 Å². The Balaban J connectivity index is 2.03. The molecule has 1 aliphatic heterocycles. The smallest absolute Gasteiger partial charge is 0.284 e. The van der Waals surface area contributed by atoms with E-state index in [4.69, 9.17) is 4.42 Å². The summed E-state index contributed by atoms with van der Waals surface area (Å²) in [5.74, 6) is 0.581. The van der Waals surface area contributed by atoms with Crippen LogP contribution in [0, 0.1) is 0 Å². The molecule has 1 aromatic rings. The molecule has 0 radical (unpaired) electrons. The molecule has 4 heteroatoms. The fourth-order valence-electron chi connectivity index (χ4n) is 0.972. The van der Waals surface area contributed by atoms with Gasteiger partial charge in [0.2, 0.25) is 0 Å². The number of carbonyl (C=O) groups excluding carboxylic acids is 1. The highest BCUT2D eigenvalue weighted by Gasteiger charge is 2.11. The molecular weight excluding hydrogens is 198 g/mol. The molecule has 0 spiro atoms. The Morgan fingerprint density at radius 1 is 1.50 bits per heavy atom. The van der Waals surface area contributed by atoms with Crippen LogP contribution in [0.1, 0.15) is 5.76 Å². The van der Waals surface area contributed by atoms with Crippen molar-refractivity contribution in [3.05, 3.63) is 41.2 Å². The van der Waals surface area contributed by atoms with Crippen molar-refractivity contribution < 1.29 is 9.21 Å². The zero-order valence-corrected chi connectivity index (χ0v) is 8.03. The van der Waals surface area contributed by atoms with Crippen LogP contribution >= 0.6 is 11.8 Å². The van der Waals surface area contributed by atoms with Gasteiger partial charge in [-0.15, -0.1) is 0 Å². The van der Waals surface area contributed by atoms with Gasteiger partial charge in [-0.2, -0.15) is 0 Å². The minimum atomic E-state index is -0.181. The Labute approximate surface area is 85.2 Å². The summed E-state index contributed by atoms with van der Waals surface area (Å²) in [5, 5.41) is 0. The van der Waals surface area contributed by atoms with Crippen LogP contribution in [-0.2, 0) is 4.79 Å². The Kier molecular flexibility index (Phi) is 2.65. The third-order valence-corrected chi connectivity index (χ3v) is 2.39. The summed E-state index contributed by atoms with van der Waals surface area (Å²) in [6.45, 7) is 0. The number of furan rings is 1. The normalized spacial score (nSPS) is 18.9. The van der Waals surface area contributed by atoms with E-state index in [0.717, 1.165) is 5.76 Å². The van der Waals surface area contributed by atoms with E-state index in [1.165, 1.54) is 17.3 Å². The highest BCUT2D eigenvalue weighted by molar-refractivity contribution is 8.16. The van der Waals surface area contributed by atoms with Crippen molar-refractivity contribution in [3.63, 3.8) is 0 Å². The lowest BCUT2D eigenvalue weighted by Gasteiger charge is -1.86. The first-order valence-corrected chi connectivity index (χ1v) is 4.89. The third kappa shape index (κ3) is 2.03. The standard InChI is InChI=1S/C10H7NO2S/c12-10-9(14-7-11-10)5-1-3-8-4-2-6-13-8/h1-7H. The van der Waals surface area contributed by atoms with Crippen molar-refractivity contribution in [3.8, 4) is 0 Å². The molecule has 0 unspecified atom stereocenters. The second-order valence-corrected chi connectivity index (χ2v) is 3.45. The first kappa shape index (κ1) is 9.02. The summed E-state index contributed by atoms with van der Waals surface area (Å²) in [7, 11) is 0. The molecule has 1 aliphatic rings. The number of allylic oxidation sites excluding steroid dienone is 2. The van der Waals surface area contributed by atoms with Crippen LogP contribution in [0.4, 0.5) is 0 Å². The molecule has 0 fully saturated rings. The summed E-state index contributed by atoms with van der Waals surface area (Å²) in [4.78, 5) is 15.3. The number of nitrogens with zero attached hydrogens (tertiary/aromatic N) is 1. The first-order chi connectivity index (χ1) is 6.86. The third-order valence-electron chi connectivity index (χ3n) is 1.61. The molecule has 0 N–H and O–H groups in total. The van der Waals surface area contributed by atoms with E-state index in [1.54, 1.807) is 24.5 Å². The van der Waals surface area contributed by atoms with E-state index in [0.29, 0.717) is 4.91 Å². The second-order valence-electron chi connectivity index (χ2n) is 2.56. The molecule has 0 aliphatic carbocycles. The van der Waals surface area contributed by atoms with Crippen molar-refractivity contribution in [1.29, 1.82) is 0 Å². The molecule has 70 valence electrons. The number of carbonyl (C=O) groups is 1. The minimum absolute atomic E-state index is 0.181. The lowest BCUT2D eigenvalue weighted by Crippen LogP contribution is -1.86. The zero-order chi connectivity index (χ0) is 9.80. The van der Waals surface area contributed by atoms with Gasteiger partial charge in [0.25, 0.3) is 5.91 Å². The van der Waals surface area contributed by atoms with Crippen LogP contribution in [-0.4, -0.2) is 11.5 Å². The molecule has 14 heavy (non-hydrogen) atoms. The van der Waals surface area contributed by atoms with Gasteiger partial charge in [-0.3, -0.25) is 4.79 Å². The summed E-state index contributed by atoms with van der Waals surface area (Å²) >= 11 is 1.33. The summed E-state index contributed by atoms with van der Waals surface area (Å²) in [6.07, 6.45) is 6.89. The monoisotopic (exact) mass is 205 g/mol. The minimum Gasteiger partial charge on any atom is -0.465 e. The van der Waals surface area contributed by atoms with Gasteiger partial charge in [0.05, 0.1) is 16.7 Å². The highest BCUT2D eigenvalue weighted by Crippen LogP contribution is 2.20. The fourth-order valence-corrected chi connectivity index (χ4v) is 1.54. The largest absolute Gasteiger partial charge is 0.465 e. The van der Waals surface area contributed by atoms with Crippen molar-refractivity contribution in [2.24, 2.45) is 4.99 Å². The van der Waals surface area contributed by atoms with Crippen LogP contribution in [0.25, 0.3) is 6.08 Å². The topological polar surface area (TPSA) is 42.6 Å². The van der Waals surface area contributed by atoms with Gasteiger partial charge >= 0.3 is 0 Å². The quantitative estimate of drug-likeness (QED) is 0.696. The molecule has 0 atom stereocenters. The fraction of sp³-hybridized carbons (Fsp3) is 0. The van der Waals surface area contributed by atoms with Gasteiger partial charge in [-0.1, -0.05) is 17.8 Å². The van der Waals surface area contributed by atoms with Crippen LogP contribution in [0.15, 0.2) is 44.9 Å². The number of hydrogen-bond acceptors (Lipinski definition) is 3. The zero-order valence-electron chi connectivity index (χ0n) is 7.21. The Morgan fingerprint density at radius 2 is 2.43 bits per heavy atom. The molecule has 0 saturated heterocycles. The number of thioether (sulfide) groups is 1. The highest BCUT2D eigenvalue weighted by atomic mass is 32.2. The summed E-state index contributed by atoms with van der Waals surface area (Å²) < 4.78 is 5.09. The molecule has 1 amide bonds. The van der Waals surface area contributed by atoms with E-state index in [2.05, 4.69) is 4.99 Å². The second kappa shape index (κ2) is 4.11. The van der Waals surface area contributed by atoms with Crippen LogP contribution < -0.4 is 0 Å². The van der Waals surface area contributed by atoms with Crippen molar-refractivity contribution >= 4 is 29.3 Å². The van der Waals surface area contributed by atoms with E-state index in [-0.39, 0.29) is 5.91 Å². The average Bonchev–Trinajstić information content (AvgIpc) is 2.78. The maximum Gasteiger partial charge on any atom is 0.284 e. The van der Waals surface area contributed by atoms with E-state index >= 15 is 0 Å². The van der Waals surface area contributed by atoms with Gasteiger partial charge in [0, 0.05) is 0 Å². The maximum atomic E-state index is 11.0. The van der Waals surface area contributed by atoms with Crippen LogP contribution in [0.2, 0.25) is 0 Å². The Hall–Kier alpha value is -1.55. The van der Waals surface area contributed by atoms with Gasteiger partial charge < -0.3 is 4.42 Å². The van der Waals surface area contributed by atoms with Gasteiger partial charge in [-0.25, -0.2) is 4.99 Å². The molecule has 2 rings (SSSR count). The number of hydrogen-bond donors (Lipinski definition) is 0. The van der Waals surface area contributed by atoms with Crippen molar-refractivity contribution in [2.45, 2.75) is 0 Å². The van der Waals surface area contributed by atoms with E-state index in [1.807, 2.05) is 12.1 Å². The summed E-state index contributed by atoms with van der Waals surface area (Å²) in [5.41, 5.74) is 1.54. The SMILES string of the molecule is O=C1N=CSC1=CC=Cc1ccco1. The Morgan fingerprint density at radius 3 is 3.07 bits per heavy atom. The molecule has 1 aromatic heterocycles.